The van der Waals surface area contributed by atoms with Crippen LogP contribution in [0.15, 0.2) is 60.9 Å². The van der Waals surface area contributed by atoms with Crippen molar-refractivity contribution in [2.24, 2.45) is 0 Å². The van der Waals surface area contributed by atoms with E-state index in [-0.39, 0.29) is 5.91 Å². The van der Waals surface area contributed by atoms with E-state index in [0.717, 1.165) is 100 Å². The van der Waals surface area contributed by atoms with E-state index in [1.54, 1.807) is 0 Å². The number of carbonyl (C=O) groups is 1. The monoisotopic (exact) mass is 546 g/mol. The number of aromatic amines is 1. The summed E-state index contributed by atoms with van der Waals surface area (Å²) in [7, 11) is 0. The lowest BCUT2D eigenvalue weighted by Crippen LogP contribution is -2.47. The first kappa shape index (κ1) is 27.4. The summed E-state index contributed by atoms with van der Waals surface area (Å²) in [5, 5.41) is 9.76. The number of benzene rings is 2. The van der Waals surface area contributed by atoms with E-state index in [1.165, 1.54) is 10.9 Å². The fourth-order valence-corrected chi connectivity index (χ4v) is 5.60. The van der Waals surface area contributed by atoms with Crippen LogP contribution < -0.4 is 10.6 Å². The van der Waals surface area contributed by atoms with Gasteiger partial charge in [0.15, 0.2) is 0 Å². The van der Waals surface area contributed by atoms with Crippen molar-refractivity contribution in [3.05, 3.63) is 71.5 Å². The molecule has 1 fully saturated rings. The first-order valence-electron chi connectivity index (χ1n) is 14.2. The van der Waals surface area contributed by atoms with Gasteiger partial charge in [-0.3, -0.25) is 9.78 Å². The van der Waals surface area contributed by atoms with Gasteiger partial charge in [0.05, 0.1) is 5.52 Å². The number of pyridine rings is 1. The first-order chi connectivity index (χ1) is 19.2. The molecule has 206 valence electrons. The standard InChI is InChI=1S/C31H39ClN6O/c32-25-10-11-27-29(12-15-34-30(27)22-25)33-13-4-16-37-18-20-38(21-19-37)17-5-14-35-31(39)9-3-6-24-23-36-28-8-2-1-7-26(24)28/h1-2,7-8,10-12,15,22-23,36H,3-6,9,13-14,16-21H2,(H,33,34)(H,35,39). The summed E-state index contributed by atoms with van der Waals surface area (Å²) in [5.74, 6) is 0.164. The van der Waals surface area contributed by atoms with Crippen molar-refractivity contribution in [2.75, 3.05) is 57.7 Å². The number of H-pyrrole nitrogens is 1. The van der Waals surface area contributed by atoms with Crippen LogP contribution >= 0.6 is 11.6 Å². The van der Waals surface area contributed by atoms with E-state index >= 15 is 0 Å². The minimum atomic E-state index is 0.164. The van der Waals surface area contributed by atoms with Crippen molar-refractivity contribution >= 4 is 45.0 Å². The molecule has 8 heteroatoms. The summed E-state index contributed by atoms with van der Waals surface area (Å²) in [6.45, 7) is 8.25. The van der Waals surface area contributed by atoms with E-state index in [1.807, 2.05) is 36.5 Å². The molecule has 3 N–H and O–H groups in total. The highest BCUT2D eigenvalue weighted by Gasteiger charge is 2.16. The van der Waals surface area contributed by atoms with Gasteiger partial charge in [-0.05, 0) is 74.7 Å². The van der Waals surface area contributed by atoms with Gasteiger partial charge >= 0.3 is 0 Å². The fourth-order valence-electron chi connectivity index (χ4n) is 5.43. The Morgan fingerprint density at radius 2 is 1.69 bits per heavy atom. The molecule has 2 aromatic carbocycles. The predicted octanol–water partition coefficient (Wildman–Crippen LogP) is 5.32. The van der Waals surface area contributed by atoms with E-state index in [2.05, 4.69) is 54.8 Å². The van der Waals surface area contributed by atoms with Gasteiger partial charge in [-0.15, -0.1) is 0 Å². The molecule has 0 aliphatic carbocycles. The minimum Gasteiger partial charge on any atom is -0.384 e. The van der Waals surface area contributed by atoms with E-state index in [0.29, 0.717) is 11.4 Å². The summed E-state index contributed by atoms with van der Waals surface area (Å²) in [6, 6.07) is 16.2. The number of hydrogen-bond donors (Lipinski definition) is 3. The number of anilines is 1. The molecular weight excluding hydrogens is 508 g/mol. The molecular formula is C31H39ClN6O. The van der Waals surface area contributed by atoms with Crippen LogP contribution in [-0.4, -0.2) is 78.0 Å². The van der Waals surface area contributed by atoms with Gasteiger partial charge in [-0.2, -0.15) is 0 Å². The number of aromatic nitrogens is 2. The number of halogens is 1. The van der Waals surface area contributed by atoms with E-state index in [4.69, 9.17) is 11.6 Å². The van der Waals surface area contributed by atoms with E-state index in [9.17, 15) is 4.79 Å². The van der Waals surface area contributed by atoms with Gasteiger partial charge in [0.1, 0.15) is 0 Å². The second kappa shape index (κ2) is 13.8. The zero-order valence-corrected chi connectivity index (χ0v) is 23.3. The Kier molecular flexibility index (Phi) is 9.70. The largest absolute Gasteiger partial charge is 0.384 e. The Bertz CT molecular complexity index is 1360. The van der Waals surface area contributed by atoms with Crippen LogP contribution in [-0.2, 0) is 11.2 Å². The zero-order chi connectivity index (χ0) is 26.9. The predicted molar refractivity (Wildman–Crippen MR) is 162 cm³/mol. The lowest BCUT2D eigenvalue weighted by molar-refractivity contribution is -0.121. The molecule has 4 aromatic rings. The van der Waals surface area contributed by atoms with Crippen LogP contribution in [0.3, 0.4) is 0 Å². The minimum absolute atomic E-state index is 0.164. The number of para-hydroxylation sites is 1. The van der Waals surface area contributed by atoms with Crippen LogP contribution in [0.1, 0.15) is 31.2 Å². The topological polar surface area (TPSA) is 76.3 Å². The van der Waals surface area contributed by atoms with Crippen molar-refractivity contribution in [3.8, 4) is 0 Å². The Balaban J connectivity index is 0.901. The third kappa shape index (κ3) is 7.72. The van der Waals surface area contributed by atoms with Crippen molar-refractivity contribution in [3.63, 3.8) is 0 Å². The number of aryl methyl sites for hydroxylation is 1. The number of hydrogen-bond acceptors (Lipinski definition) is 5. The number of rotatable bonds is 13. The van der Waals surface area contributed by atoms with E-state index < -0.39 is 0 Å². The number of fused-ring (bicyclic) bond motifs is 2. The molecule has 1 saturated heterocycles. The molecule has 1 aliphatic heterocycles. The average molecular weight is 547 g/mol. The number of nitrogens with one attached hydrogen (secondary N) is 3. The second-order valence-corrected chi connectivity index (χ2v) is 10.8. The van der Waals surface area contributed by atoms with Crippen molar-refractivity contribution < 1.29 is 4.79 Å². The molecule has 0 bridgehead atoms. The molecule has 0 spiro atoms. The molecule has 0 atom stereocenters. The molecule has 1 aliphatic rings. The number of piperazine rings is 1. The highest BCUT2D eigenvalue weighted by Crippen LogP contribution is 2.24. The summed E-state index contributed by atoms with van der Waals surface area (Å²) >= 11 is 6.10. The zero-order valence-electron chi connectivity index (χ0n) is 22.6. The maximum atomic E-state index is 12.3. The first-order valence-corrected chi connectivity index (χ1v) is 14.6. The number of amides is 1. The van der Waals surface area contributed by atoms with Gasteiger partial charge in [-0.25, -0.2) is 0 Å². The molecule has 0 radical (unpaired) electrons. The van der Waals surface area contributed by atoms with Crippen molar-refractivity contribution in [2.45, 2.75) is 32.1 Å². The smallest absolute Gasteiger partial charge is 0.220 e. The van der Waals surface area contributed by atoms with Crippen LogP contribution in [0.2, 0.25) is 5.02 Å². The summed E-state index contributed by atoms with van der Waals surface area (Å²) < 4.78 is 0. The van der Waals surface area contributed by atoms with Gasteiger partial charge < -0.3 is 25.4 Å². The van der Waals surface area contributed by atoms with Crippen LogP contribution in [0, 0.1) is 0 Å². The molecule has 5 rings (SSSR count). The summed E-state index contributed by atoms with van der Waals surface area (Å²) in [6.07, 6.45) is 8.39. The summed E-state index contributed by atoms with van der Waals surface area (Å²) in [4.78, 5) is 25.1. The Hall–Kier alpha value is -3.13. The Morgan fingerprint density at radius 1 is 0.923 bits per heavy atom. The van der Waals surface area contributed by atoms with Crippen molar-refractivity contribution in [1.29, 1.82) is 0 Å². The fraction of sp³-hybridized carbons (Fsp3) is 0.419. The molecule has 0 unspecified atom stereocenters. The molecule has 3 heterocycles. The third-order valence-corrected chi connectivity index (χ3v) is 7.87. The average Bonchev–Trinajstić information content (AvgIpc) is 3.37. The summed E-state index contributed by atoms with van der Waals surface area (Å²) in [5.41, 5.74) is 4.49. The SMILES string of the molecule is O=C(CCCc1c[nH]c2ccccc12)NCCCN1CCN(CCCNc2ccnc3cc(Cl)ccc23)CC1. The van der Waals surface area contributed by atoms with Crippen molar-refractivity contribution in [1.82, 2.24) is 25.1 Å². The Labute approximate surface area is 235 Å². The van der Waals surface area contributed by atoms with Gasteiger partial charge in [-0.1, -0.05) is 29.8 Å². The van der Waals surface area contributed by atoms with Gasteiger partial charge in [0.2, 0.25) is 5.91 Å². The maximum absolute atomic E-state index is 12.3. The second-order valence-electron chi connectivity index (χ2n) is 10.4. The quantitative estimate of drug-likeness (QED) is 0.198. The van der Waals surface area contributed by atoms with Crippen LogP contribution in [0.4, 0.5) is 5.69 Å². The molecule has 39 heavy (non-hydrogen) atoms. The van der Waals surface area contributed by atoms with Gasteiger partial charge in [0, 0.05) is 85.1 Å². The Morgan fingerprint density at radius 3 is 2.51 bits per heavy atom. The maximum Gasteiger partial charge on any atom is 0.220 e. The highest BCUT2D eigenvalue weighted by molar-refractivity contribution is 6.31. The highest BCUT2D eigenvalue weighted by atomic mass is 35.5. The number of carbonyl (C=O) groups excluding carboxylic acids is 1. The molecule has 7 nitrogen and oxygen atoms in total. The third-order valence-electron chi connectivity index (χ3n) is 7.63. The number of nitrogens with zero attached hydrogens (tertiary/aromatic N) is 3. The molecule has 0 saturated carbocycles. The lowest BCUT2D eigenvalue weighted by Gasteiger charge is -2.34. The van der Waals surface area contributed by atoms with Crippen LogP contribution in [0.25, 0.3) is 21.8 Å². The molecule has 2 aromatic heterocycles. The normalized spacial score (nSPS) is 14.7. The lowest BCUT2D eigenvalue weighted by atomic mass is 10.1. The van der Waals surface area contributed by atoms with Gasteiger partial charge in [0.25, 0.3) is 0 Å². The molecule has 1 amide bonds. The van der Waals surface area contributed by atoms with Crippen LogP contribution in [0.5, 0.6) is 0 Å².